The molecule has 23 heavy (non-hydrogen) atoms. The van der Waals surface area contributed by atoms with Crippen LogP contribution in [0.1, 0.15) is 60.8 Å². The lowest BCUT2D eigenvalue weighted by Crippen LogP contribution is -2.66. The predicted molar refractivity (Wildman–Crippen MR) is 94.0 cm³/mol. The largest absolute Gasteiger partial charge is 0.385 e. The molecule has 3 fully saturated rings. The minimum Gasteiger partial charge on any atom is -0.385 e. The van der Waals surface area contributed by atoms with Crippen LogP contribution in [0.2, 0.25) is 0 Å². The van der Waals surface area contributed by atoms with Crippen LogP contribution in [-0.2, 0) is 4.74 Å². The fourth-order valence-corrected chi connectivity index (χ4v) is 5.48. The maximum absolute atomic E-state index is 11.7. The highest BCUT2D eigenvalue weighted by Gasteiger charge is 2.64. The molecule has 3 heteroatoms. The van der Waals surface area contributed by atoms with Crippen LogP contribution in [0.5, 0.6) is 0 Å². The van der Waals surface area contributed by atoms with Crippen molar-refractivity contribution in [1.29, 1.82) is 0 Å². The van der Waals surface area contributed by atoms with Gasteiger partial charge in [0, 0.05) is 23.9 Å². The van der Waals surface area contributed by atoms with Gasteiger partial charge in [-0.3, -0.25) is 4.90 Å². The van der Waals surface area contributed by atoms with Gasteiger partial charge in [0.25, 0.3) is 0 Å². The third-order valence-electron chi connectivity index (χ3n) is 7.14. The van der Waals surface area contributed by atoms with Crippen molar-refractivity contribution in [1.82, 2.24) is 4.90 Å². The SMILES string of the molecule is C=C(C)[C@H]1CN2C(OC3C[C@H](C)CCC3C2(C)C)[C@@]1(O)C(C)C. The molecule has 3 aliphatic rings. The van der Waals surface area contributed by atoms with Crippen LogP contribution in [0.3, 0.4) is 0 Å². The van der Waals surface area contributed by atoms with Gasteiger partial charge in [-0.1, -0.05) is 39.3 Å². The molecule has 0 amide bonds. The van der Waals surface area contributed by atoms with Gasteiger partial charge in [-0.2, -0.15) is 0 Å². The monoisotopic (exact) mass is 321 g/mol. The lowest BCUT2D eigenvalue weighted by molar-refractivity contribution is -0.268. The number of hydrogen-bond acceptors (Lipinski definition) is 3. The second kappa shape index (κ2) is 5.57. The van der Waals surface area contributed by atoms with Crippen molar-refractivity contribution >= 4 is 0 Å². The molecule has 1 saturated carbocycles. The Morgan fingerprint density at radius 2 is 1.96 bits per heavy atom. The van der Waals surface area contributed by atoms with E-state index in [-0.39, 0.29) is 29.7 Å². The summed E-state index contributed by atoms with van der Waals surface area (Å²) in [7, 11) is 0. The lowest BCUT2D eigenvalue weighted by atomic mass is 9.69. The van der Waals surface area contributed by atoms with Gasteiger partial charge in [-0.05, 0) is 45.4 Å². The molecule has 3 nitrogen and oxygen atoms in total. The summed E-state index contributed by atoms with van der Waals surface area (Å²) in [5.74, 6) is 1.52. The van der Waals surface area contributed by atoms with Gasteiger partial charge in [0.1, 0.15) is 11.8 Å². The molecule has 0 radical (unpaired) electrons. The average Bonchev–Trinajstić information content (AvgIpc) is 2.74. The normalized spacial score (nSPS) is 46.5. The predicted octanol–water partition coefficient (Wildman–Crippen LogP) is 3.82. The van der Waals surface area contributed by atoms with E-state index in [1.54, 1.807) is 0 Å². The van der Waals surface area contributed by atoms with Gasteiger partial charge < -0.3 is 9.84 Å². The summed E-state index contributed by atoms with van der Waals surface area (Å²) in [5.41, 5.74) is 0.307. The molecule has 0 spiro atoms. The highest BCUT2D eigenvalue weighted by atomic mass is 16.5. The molecule has 0 aromatic carbocycles. The molecule has 6 atom stereocenters. The molecule has 132 valence electrons. The topological polar surface area (TPSA) is 32.7 Å². The van der Waals surface area contributed by atoms with E-state index in [0.717, 1.165) is 24.5 Å². The van der Waals surface area contributed by atoms with Gasteiger partial charge in [0.2, 0.25) is 0 Å². The van der Waals surface area contributed by atoms with E-state index in [2.05, 4.69) is 53.0 Å². The van der Waals surface area contributed by atoms with Gasteiger partial charge in [-0.15, -0.1) is 0 Å². The third kappa shape index (κ3) is 2.42. The molecule has 2 saturated heterocycles. The van der Waals surface area contributed by atoms with Crippen LogP contribution >= 0.6 is 0 Å². The Morgan fingerprint density at radius 1 is 1.30 bits per heavy atom. The van der Waals surface area contributed by atoms with Gasteiger partial charge in [0.05, 0.1) is 6.10 Å². The van der Waals surface area contributed by atoms with Crippen LogP contribution in [0.15, 0.2) is 12.2 Å². The smallest absolute Gasteiger partial charge is 0.141 e. The molecule has 1 aliphatic carbocycles. The van der Waals surface area contributed by atoms with E-state index >= 15 is 0 Å². The minimum absolute atomic E-state index is 0.0702. The van der Waals surface area contributed by atoms with Crippen molar-refractivity contribution in [2.75, 3.05) is 6.54 Å². The first-order valence-electron chi connectivity index (χ1n) is 9.40. The molecule has 0 aromatic heterocycles. The molecule has 2 aliphatic heterocycles. The average molecular weight is 322 g/mol. The minimum atomic E-state index is -0.839. The van der Waals surface area contributed by atoms with Crippen molar-refractivity contribution in [3.8, 4) is 0 Å². The van der Waals surface area contributed by atoms with Crippen molar-refractivity contribution < 1.29 is 9.84 Å². The molecule has 0 aromatic rings. The highest BCUT2D eigenvalue weighted by molar-refractivity contribution is 5.19. The Morgan fingerprint density at radius 3 is 2.52 bits per heavy atom. The first kappa shape index (κ1) is 17.4. The fraction of sp³-hybridized carbons (Fsp3) is 0.900. The Balaban J connectivity index is 2.00. The first-order valence-corrected chi connectivity index (χ1v) is 9.40. The molecule has 2 heterocycles. The summed E-state index contributed by atoms with van der Waals surface area (Å²) in [6.07, 6.45) is 3.74. The van der Waals surface area contributed by atoms with E-state index in [1.165, 1.54) is 12.8 Å². The fourth-order valence-electron chi connectivity index (χ4n) is 5.48. The Labute approximate surface area is 142 Å². The lowest BCUT2D eigenvalue weighted by Gasteiger charge is -2.57. The van der Waals surface area contributed by atoms with Gasteiger partial charge in [-0.25, -0.2) is 0 Å². The summed E-state index contributed by atoms with van der Waals surface area (Å²) < 4.78 is 6.61. The van der Waals surface area contributed by atoms with Crippen LogP contribution in [0, 0.1) is 23.7 Å². The molecule has 0 bridgehead atoms. The van der Waals surface area contributed by atoms with Crippen LogP contribution in [0.4, 0.5) is 0 Å². The van der Waals surface area contributed by atoms with E-state index in [1.807, 2.05) is 0 Å². The van der Waals surface area contributed by atoms with E-state index in [4.69, 9.17) is 4.74 Å². The number of fused-ring (bicyclic) bond motifs is 2. The second-order valence-electron chi connectivity index (χ2n) is 9.30. The van der Waals surface area contributed by atoms with Crippen LogP contribution in [-0.4, -0.2) is 40.0 Å². The van der Waals surface area contributed by atoms with Gasteiger partial charge >= 0.3 is 0 Å². The summed E-state index contributed by atoms with van der Waals surface area (Å²) in [5, 5.41) is 11.7. The number of nitrogens with zero attached hydrogens (tertiary/aromatic N) is 1. The number of hydrogen-bond donors (Lipinski definition) is 1. The molecule has 1 N–H and O–H groups in total. The standard InChI is InChI=1S/C20H35NO2/c1-12(2)16-11-21-18(20(16,22)13(3)4)23-17-10-14(5)8-9-15(17)19(21,6)7/h13-18,22H,1,8-11H2,2-7H3/t14-,15?,16-,17?,18?,20-/m1/s1. The zero-order valence-corrected chi connectivity index (χ0v) is 15.8. The Kier molecular flexibility index (Phi) is 4.23. The van der Waals surface area contributed by atoms with Crippen molar-refractivity contribution in [2.45, 2.75) is 84.3 Å². The summed E-state index contributed by atoms with van der Waals surface area (Å²) in [6.45, 7) is 18.4. The van der Waals surface area contributed by atoms with E-state index in [9.17, 15) is 5.11 Å². The zero-order chi connectivity index (χ0) is 17.2. The van der Waals surface area contributed by atoms with Crippen molar-refractivity contribution in [3.63, 3.8) is 0 Å². The zero-order valence-electron chi connectivity index (χ0n) is 15.8. The summed E-state index contributed by atoms with van der Waals surface area (Å²) >= 11 is 0. The van der Waals surface area contributed by atoms with E-state index in [0.29, 0.717) is 5.92 Å². The summed E-state index contributed by atoms with van der Waals surface area (Å²) in [4.78, 5) is 2.45. The maximum atomic E-state index is 11.7. The molecular weight excluding hydrogens is 286 g/mol. The first-order chi connectivity index (χ1) is 10.6. The summed E-state index contributed by atoms with van der Waals surface area (Å²) in [6, 6.07) is 0. The number of aliphatic hydroxyl groups is 1. The molecular formula is C20H35NO2. The third-order valence-corrected chi connectivity index (χ3v) is 7.14. The van der Waals surface area contributed by atoms with E-state index < -0.39 is 5.60 Å². The quantitative estimate of drug-likeness (QED) is 0.785. The number of ether oxygens (including phenoxy) is 1. The highest BCUT2D eigenvalue weighted by Crippen LogP contribution is 2.53. The van der Waals surface area contributed by atoms with Crippen molar-refractivity contribution in [2.24, 2.45) is 23.7 Å². The van der Waals surface area contributed by atoms with Crippen molar-refractivity contribution in [3.05, 3.63) is 12.2 Å². The molecule has 3 rings (SSSR count). The van der Waals surface area contributed by atoms with Crippen LogP contribution < -0.4 is 0 Å². The second-order valence-corrected chi connectivity index (χ2v) is 9.30. The Hall–Kier alpha value is -0.380. The number of rotatable bonds is 2. The van der Waals surface area contributed by atoms with Gasteiger partial charge in [0.15, 0.2) is 0 Å². The Bertz CT molecular complexity index is 486. The van der Waals surface area contributed by atoms with Crippen LogP contribution in [0.25, 0.3) is 0 Å². The molecule has 3 unspecified atom stereocenters. The maximum Gasteiger partial charge on any atom is 0.141 e.